The van der Waals surface area contributed by atoms with Crippen LogP contribution in [0.2, 0.25) is 0 Å². The molecule has 0 unspecified atom stereocenters. The van der Waals surface area contributed by atoms with Gasteiger partial charge in [0, 0.05) is 16.9 Å². The van der Waals surface area contributed by atoms with Gasteiger partial charge in [0.25, 0.3) is 0 Å². The Morgan fingerprint density at radius 1 is 1.50 bits per heavy atom. The molecule has 0 amide bonds. The van der Waals surface area contributed by atoms with Crippen LogP contribution >= 0.6 is 11.3 Å². The second-order valence-electron chi connectivity index (χ2n) is 3.90. The van der Waals surface area contributed by atoms with Crippen LogP contribution in [0.5, 0.6) is 0 Å². The zero-order valence-corrected chi connectivity index (χ0v) is 10.1. The average Bonchev–Trinajstić information content (AvgIpc) is 2.64. The lowest BCUT2D eigenvalue weighted by atomic mass is 9.96. The molecule has 0 saturated heterocycles. The highest BCUT2D eigenvalue weighted by Gasteiger charge is 2.18. The van der Waals surface area contributed by atoms with Crippen LogP contribution in [-0.2, 0) is 11.3 Å². The molecule has 1 N–H and O–H groups in total. The number of hydrogen-bond donors (Lipinski definition) is 1. The summed E-state index contributed by atoms with van der Waals surface area (Å²) < 4.78 is 5.76. The molecule has 0 atom stereocenters. The second kappa shape index (κ2) is 6.05. The van der Waals surface area contributed by atoms with Gasteiger partial charge in [0.1, 0.15) is 0 Å². The predicted octanol–water partition coefficient (Wildman–Crippen LogP) is 2.55. The van der Waals surface area contributed by atoms with E-state index >= 15 is 0 Å². The van der Waals surface area contributed by atoms with E-state index < -0.39 is 0 Å². The van der Waals surface area contributed by atoms with Crippen LogP contribution in [0.1, 0.15) is 36.1 Å². The van der Waals surface area contributed by atoms with Crippen molar-refractivity contribution in [1.82, 2.24) is 0 Å². The molecular formula is C13H16O2S. The van der Waals surface area contributed by atoms with Crippen molar-refractivity contribution in [3.05, 3.63) is 21.9 Å². The molecule has 1 aliphatic carbocycles. The quantitative estimate of drug-likeness (QED) is 0.814. The molecule has 0 radical (unpaired) electrons. The summed E-state index contributed by atoms with van der Waals surface area (Å²) in [6.07, 6.45) is 4.73. The second-order valence-corrected chi connectivity index (χ2v) is 4.90. The average molecular weight is 236 g/mol. The number of rotatable bonds is 4. The Bertz CT molecular complexity index is 382. The van der Waals surface area contributed by atoms with Crippen molar-refractivity contribution < 1.29 is 9.84 Å². The Morgan fingerprint density at radius 2 is 2.38 bits per heavy atom. The number of hydrogen-bond acceptors (Lipinski definition) is 3. The molecule has 1 fully saturated rings. The molecule has 1 aromatic heterocycles. The van der Waals surface area contributed by atoms with Crippen LogP contribution in [0.4, 0.5) is 0 Å². The minimum atomic E-state index is 0.130. The van der Waals surface area contributed by atoms with Gasteiger partial charge in [-0.2, -0.15) is 0 Å². The Hall–Kier alpha value is -0.820. The molecule has 16 heavy (non-hydrogen) atoms. The highest BCUT2D eigenvalue weighted by atomic mass is 32.1. The van der Waals surface area contributed by atoms with Crippen molar-refractivity contribution in [1.29, 1.82) is 0 Å². The Balaban J connectivity index is 1.88. The third kappa shape index (κ3) is 3.08. The van der Waals surface area contributed by atoms with E-state index in [1.807, 2.05) is 11.4 Å². The zero-order valence-electron chi connectivity index (χ0n) is 9.24. The lowest BCUT2D eigenvalue weighted by Crippen LogP contribution is -2.21. The first-order chi connectivity index (χ1) is 7.90. The lowest BCUT2D eigenvalue weighted by Gasteiger charge is -2.25. The number of ether oxygens (including phenoxy) is 1. The van der Waals surface area contributed by atoms with Crippen LogP contribution in [0.25, 0.3) is 0 Å². The summed E-state index contributed by atoms with van der Waals surface area (Å²) in [6.45, 7) is 0.816. The van der Waals surface area contributed by atoms with Crippen LogP contribution in [-0.4, -0.2) is 17.8 Å². The van der Waals surface area contributed by atoms with Gasteiger partial charge in [-0.3, -0.25) is 0 Å². The smallest absolute Gasteiger partial charge is 0.0825 e. The molecule has 2 rings (SSSR count). The maximum atomic E-state index is 8.66. The first-order valence-electron chi connectivity index (χ1n) is 5.68. The third-order valence-corrected chi connectivity index (χ3v) is 3.60. The largest absolute Gasteiger partial charge is 0.395 e. The van der Waals surface area contributed by atoms with Gasteiger partial charge in [0.2, 0.25) is 0 Å². The predicted molar refractivity (Wildman–Crippen MR) is 65.3 cm³/mol. The molecular weight excluding hydrogens is 220 g/mol. The van der Waals surface area contributed by atoms with E-state index in [1.54, 1.807) is 11.3 Å². The molecule has 0 aliphatic heterocycles. The summed E-state index contributed by atoms with van der Waals surface area (Å²) in [5, 5.41) is 10.7. The molecule has 86 valence electrons. The van der Waals surface area contributed by atoms with Crippen molar-refractivity contribution in [2.24, 2.45) is 0 Å². The fraction of sp³-hybridized carbons (Fsp3) is 0.538. The van der Waals surface area contributed by atoms with Crippen molar-refractivity contribution in [2.75, 3.05) is 6.61 Å². The van der Waals surface area contributed by atoms with Crippen LogP contribution in [0.15, 0.2) is 11.4 Å². The number of thiophene rings is 1. The van der Waals surface area contributed by atoms with Crippen molar-refractivity contribution in [3.63, 3.8) is 0 Å². The molecule has 0 bridgehead atoms. The summed E-state index contributed by atoms with van der Waals surface area (Å²) in [4.78, 5) is 1.21. The monoisotopic (exact) mass is 236 g/mol. The SMILES string of the molecule is OCCC#Cc1ccsc1COC1CCC1. The minimum Gasteiger partial charge on any atom is -0.395 e. The van der Waals surface area contributed by atoms with Gasteiger partial charge < -0.3 is 9.84 Å². The van der Waals surface area contributed by atoms with Gasteiger partial charge in [-0.1, -0.05) is 11.8 Å². The van der Waals surface area contributed by atoms with Gasteiger partial charge in [-0.05, 0) is 30.7 Å². The van der Waals surface area contributed by atoms with Gasteiger partial charge in [-0.15, -0.1) is 11.3 Å². The molecule has 3 heteroatoms. The third-order valence-electron chi connectivity index (χ3n) is 2.71. The summed E-state index contributed by atoms with van der Waals surface area (Å²) in [6, 6.07) is 2.02. The van der Waals surface area contributed by atoms with Crippen molar-refractivity contribution in [3.8, 4) is 11.8 Å². The minimum absolute atomic E-state index is 0.130. The highest BCUT2D eigenvalue weighted by Crippen LogP contribution is 2.25. The summed E-state index contributed by atoms with van der Waals surface area (Å²) >= 11 is 1.69. The van der Waals surface area contributed by atoms with E-state index in [9.17, 15) is 0 Å². The van der Waals surface area contributed by atoms with E-state index in [0.717, 1.165) is 5.56 Å². The van der Waals surface area contributed by atoms with E-state index in [1.165, 1.54) is 24.1 Å². The summed E-state index contributed by atoms with van der Waals surface area (Å²) in [7, 11) is 0. The number of aliphatic hydroxyl groups is 1. The topological polar surface area (TPSA) is 29.5 Å². The molecule has 0 aromatic carbocycles. The Labute approximate surface area is 100 Å². The van der Waals surface area contributed by atoms with Gasteiger partial charge >= 0.3 is 0 Å². The zero-order chi connectivity index (χ0) is 11.2. The van der Waals surface area contributed by atoms with Gasteiger partial charge in [-0.25, -0.2) is 0 Å². The molecule has 1 aromatic rings. The van der Waals surface area contributed by atoms with Crippen molar-refractivity contribution >= 4 is 11.3 Å². The lowest BCUT2D eigenvalue weighted by molar-refractivity contribution is -0.00751. The standard InChI is InChI=1S/C13H16O2S/c14-8-2-1-4-11-7-9-16-13(11)10-15-12-5-3-6-12/h7,9,12,14H,2-3,5-6,8,10H2. The van der Waals surface area contributed by atoms with Crippen LogP contribution in [0.3, 0.4) is 0 Å². The Kier molecular flexibility index (Phi) is 4.41. The molecule has 1 saturated carbocycles. The fourth-order valence-electron chi connectivity index (χ4n) is 1.51. The normalized spacial score (nSPS) is 15.3. The summed E-state index contributed by atoms with van der Waals surface area (Å²) in [5.41, 5.74) is 1.05. The molecule has 1 heterocycles. The van der Waals surface area contributed by atoms with E-state index in [4.69, 9.17) is 9.84 Å². The van der Waals surface area contributed by atoms with Crippen LogP contribution < -0.4 is 0 Å². The van der Waals surface area contributed by atoms with Gasteiger partial charge in [0.05, 0.1) is 19.3 Å². The number of aliphatic hydroxyl groups excluding tert-OH is 1. The summed E-state index contributed by atoms with van der Waals surface area (Å²) in [5.74, 6) is 6.02. The van der Waals surface area contributed by atoms with E-state index in [0.29, 0.717) is 19.1 Å². The van der Waals surface area contributed by atoms with E-state index in [2.05, 4.69) is 11.8 Å². The van der Waals surface area contributed by atoms with E-state index in [-0.39, 0.29) is 6.61 Å². The molecule has 0 spiro atoms. The Morgan fingerprint density at radius 3 is 3.06 bits per heavy atom. The first kappa shape index (κ1) is 11.7. The molecule has 1 aliphatic rings. The van der Waals surface area contributed by atoms with Crippen molar-refractivity contribution in [2.45, 2.75) is 38.4 Å². The highest BCUT2D eigenvalue weighted by molar-refractivity contribution is 7.10. The maximum Gasteiger partial charge on any atom is 0.0825 e. The van der Waals surface area contributed by atoms with Crippen LogP contribution in [0, 0.1) is 11.8 Å². The molecule has 2 nitrogen and oxygen atoms in total. The fourth-order valence-corrected chi connectivity index (χ4v) is 2.26. The first-order valence-corrected chi connectivity index (χ1v) is 6.56. The maximum absolute atomic E-state index is 8.66. The van der Waals surface area contributed by atoms with Gasteiger partial charge in [0.15, 0.2) is 0 Å².